The number of hydrogen-bond acceptors (Lipinski definition) is 2. The molecule has 60 valence electrons. The maximum atomic E-state index is 5.49. The summed E-state index contributed by atoms with van der Waals surface area (Å²) >= 11 is 0. The van der Waals surface area contributed by atoms with E-state index in [0.717, 1.165) is 31.8 Å². The molecule has 0 aromatic heterocycles. The first-order chi connectivity index (χ1) is 5.45. The van der Waals surface area contributed by atoms with Crippen LogP contribution in [0.25, 0.3) is 0 Å². The zero-order valence-electron chi connectivity index (χ0n) is 6.45. The van der Waals surface area contributed by atoms with Crippen molar-refractivity contribution in [3.63, 3.8) is 0 Å². The number of hydrogen-bond donors (Lipinski definition) is 0. The third-order valence-electron chi connectivity index (χ3n) is 1.83. The average Bonchev–Trinajstić information content (AvgIpc) is 2.86. The van der Waals surface area contributed by atoms with Crippen molar-refractivity contribution in [2.45, 2.75) is 18.9 Å². The van der Waals surface area contributed by atoms with Gasteiger partial charge in [0.1, 0.15) is 12.7 Å². The van der Waals surface area contributed by atoms with Gasteiger partial charge in [-0.1, -0.05) is 12.2 Å². The summed E-state index contributed by atoms with van der Waals surface area (Å²) in [6, 6.07) is 0. The maximum absolute atomic E-state index is 5.49. The molecule has 0 radical (unpaired) electrons. The molecular weight excluding hydrogens is 140 g/mol. The molecule has 1 fully saturated rings. The molecule has 0 spiro atoms. The molecule has 0 aromatic rings. The van der Waals surface area contributed by atoms with E-state index in [1.54, 1.807) is 0 Å². The maximum Gasteiger partial charge on any atom is 0.116 e. The van der Waals surface area contributed by atoms with Crippen LogP contribution in [0.1, 0.15) is 12.8 Å². The van der Waals surface area contributed by atoms with E-state index >= 15 is 0 Å². The molecule has 2 heteroatoms. The van der Waals surface area contributed by atoms with Gasteiger partial charge >= 0.3 is 0 Å². The van der Waals surface area contributed by atoms with Crippen molar-refractivity contribution < 1.29 is 9.47 Å². The van der Waals surface area contributed by atoms with E-state index in [4.69, 9.17) is 9.47 Å². The fourth-order valence-electron chi connectivity index (χ4n) is 1.07. The predicted molar refractivity (Wildman–Crippen MR) is 42.1 cm³/mol. The van der Waals surface area contributed by atoms with Crippen LogP contribution in [-0.2, 0) is 9.47 Å². The number of rotatable bonds is 3. The highest BCUT2D eigenvalue weighted by molar-refractivity contribution is 5.12. The normalized spacial score (nSPS) is 28.0. The van der Waals surface area contributed by atoms with Crippen LogP contribution in [0, 0.1) is 0 Å². The van der Waals surface area contributed by atoms with Crippen molar-refractivity contribution in [1.82, 2.24) is 0 Å². The third-order valence-corrected chi connectivity index (χ3v) is 1.83. The van der Waals surface area contributed by atoms with E-state index in [1.807, 2.05) is 12.2 Å². The molecule has 2 rings (SSSR count). The molecular formula is C9H12O2. The van der Waals surface area contributed by atoms with Crippen molar-refractivity contribution in [2.24, 2.45) is 0 Å². The van der Waals surface area contributed by atoms with Crippen LogP contribution in [0.5, 0.6) is 0 Å². The molecule has 1 aliphatic heterocycles. The van der Waals surface area contributed by atoms with Gasteiger partial charge in [0.25, 0.3) is 0 Å². The Balaban J connectivity index is 1.75. The van der Waals surface area contributed by atoms with E-state index in [0.29, 0.717) is 6.10 Å². The second-order valence-electron chi connectivity index (χ2n) is 2.87. The Labute approximate surface area is 66.5 Å². The Morgan fingerprint density at radius 3 is 3.18 bits per heavy atom. The van der Waals surface area contributed by atoms with Crippen molar-refractivity contribution in [3.05, 3.63) is 24.0 Å². The van der Waals surface area contributed by atoms with E-state index < -0.39 is 0 Å². The number of epoxide rings is 1. The minimum atomic E-state index is 0.377. The van der Waals surface area contributed by atoms with Gasteiger partial charge in [0.2, 0.25) is 0 Å². The summed E-state index contributed by atoms with van der Waals surface area (Å²) in [5.41, 5.74) is 0. The fraction of sp³-hybridized carbons (Fsp3) is 0.556. The predicted octanol–water partition coefficient (Wildman–Crippen LogP) is 1.64. The molecule has 1 heterocycles. The Morgan fingerprint density at radius 1 is 1.64 bits per heavy atom. The molecule has 0 bridgehead atoms. The summed E-state index contributed by atoms with van der Waals surface area (Å²) in [6.45, 7) is 1.61. The van der Waals surface area contributed by atoms with Crippen molar-refractivity contribution in [1.29, 1.82) is 0 Å². The summed E-state index contributed by atoms with van der Waals surface area (Å²) in [7, 11) is 0. The van der Waals surface area contributed by atoms with Crippen LogP contribution in [-0.4, -0.2) is 19.3 Å². The molecule has 2 aliphatic rings. The van der Waals surface area contributed by atoms with E-state index in [1.165, 1.54) is 0 Å². The van der Waals surface area contributed by atoms with Crippen molar-refractivity contribution in [3.8, 4) is 0 Å². The molecule has 2 nitrogen and oxygen atoms in total. The first-order valence-corrected chi connectivity index (χ1v) is 4.05. The lowest BCUT2D eigenvalue weighted by molar-refractivity contribution is 0.175. The lowest BCUT2D eigenvalue weighted by Crippen LogP contribution is -2.02. The summed E-state index contributed by atoms with van der Waals surface area (Å²) < 4.78 is 10.5. The highest BCUT2D eigenvalue weighted by Crippen LogP contribution is 2.16. The molecule has 1 atom stereocenters. The van der Waals surface area contributed by atoms with Gasteiger partial charge in [-0.2, -0.15) is 0 Å². The van der Waals surface area contributed by atoms with Gasteiger partial charge < -0.3 is 9.47 Å². The quantitative estimate of drug-likeness (QED) is 0.573. The summed E-state index contributed by atoms with van der Waals surface area (Å²) in [6.07, 6.45) is 8.77. The van der Waals surface area contributed by atoms with Crippen LogP contribution < -0.4 is 0 Å². The first-order valence-electron chi connectivity index (χ1n) is 4.05. The van der Waals surface area contributed by atoms with Gasteiger partial charge in [-0.25, -0.2) is 0 Å². The van der Waals surface area contributed by atoms with E-state index in [2.05, 4.69) is 6.08 Å². The van der Waals surface area contributed by atoms with Gasteiger partial charge in [0, 0.05) is 6.42 Å². The van der Waals surface area contributed by atoms with Gasteiger partial charge in [-0.3, -0.25) is 0 Å². The molecule has 0 amide bonds. The largest absolute Gasteiger partial charge is 0.495 e. The van der Waals surface area contributed by atoms with Gasteiger partial charge in [-0.05, 0) is 12.5 Å². The molecule has 0 saturated carbocycles. The topological polar surface area (TPSA) is 21.8 Å². The number of ether oxygens (including phenoxy) is 2. The highest BCUT2D eigenvalue weighted by Gasteiger charge is 2.23. The zero-order chi connectivity index (χ0) is 7.52. The fourth-order valence-corrected chi connectivity index (χ4v) is 1.07. The van der Waals surface area contributed by atoms with Crippen molar-refractivity contribution >= 4 is 0 Å². The van der Waals surface area contributed by atoms with E-state index in [-0.39, 0.29) is 0 Å². The molecule has 11 heavy (non-hydrogen) atoms. The first kappa shape index (κ1) is 6.92. The van der Waals surface area contributed by atoms with Crippen LogP contribution in [0.4, 0.5) is 0 Å². The highest BCUT2D eigenvalue weighted by atomic mass is 16.6. The number of allylic oxidation sites excluding steroid dienone is 4. The molecule has 0 N–H and O–H groups in total. The Hall–Kier alpha value is -0.760. The Bertz CT molecular complexity index is 190. The van der Waals surface area contributed by atoms with Gasteiger partial charge in [-0.15, -0.1) is 0 Å². The molecule has 1 unspecified atom stereocenters. The average molecular weight is 152 g/mol. The smallest absolute Gasteiger partial charge is 0.116 e. The standard InChI is InChI=1S/C9H12O2/c1-2-4-8(5-3-1)10-6-9-7-11-9/h1-2,4,9H,3,5-7H2. The third kappa shape index (κ3) is 2.09. The van der Waals surface area contributed by atoms with Crippen LogP contribution in [0.2, 0.25) is 0 Å². The van der Waals surface area contributed by atoms with Crippen molar-refractivity contribution in [2.75, 3.05) is 13.2 Å². The van der Waals surface area contributed by atoms with Gasteiger partial charge in [0.05, 0.1) is 12.4 Å². The minimum absolute atomic E-state index is 0.377. The lowest BCUT2D eigenvalue weighted by atomic mass is 10.2. The molecule has 1 aliphatic carbocycles. The summed E-state index contributed by atoms with van der Waals surface area (Å²) in [5, 5.41) is 0. The lowest BCUT2D eigenvalue weighted by Gasteiger charge is -2.09. The van der Waals surface area contributed by atoms with Crippen LogP contribution in [0.3, 0.4) is 0 Å². The Kier molecular flexibility index (Phi) is 1.95. The Morgan fingerprint density at radius 2 is 2.55 bits per heavy atom. The van der Waals surface area contributed by atoms with E-state index in [9.17, 15) is 0 Å². The van der Waals surface area contributed by atoms with Crippen LogP contribution >= 0.6 is 0 Å². The second kappa shape index (κ2) is 3.09. The second-order valence-corrected chi connectivity index (χ2v) is 2.87. The molecule has 0 aromatic carbocycles. The van der Waals surface area contributed by atoms with Gasteiger partial charge in [0.15, 0.2) is 0 Å². The monoisotopic (exact) mass is 152 g/mol. The summed E-state index contributed by atoms with van der Waals surface area (Å²) in [5.74, 6) is 1.10. The SMILES string of the molecule is C1=CCCC(OCC2CO2)=C1. The zero-order valence-corrected chi connectivity index (χ0v) is 6.45. The molecule has 1 saturated heterocycles. The summed E-state index contributed by atoms with van der Waals surface area (Å²) in [4.78, 5) is 0. The minimum Gasteiger partial charge on any atom is -0.495 e. The van der Waals surface area contributed by atoms with Crippen LogP contribution in [0.15, 0.2) is 24.0 Å².